The maximum atomic E-state index is 9.74. The third-order valence-corrected chi connectivity index (χ3v) is 2.41. The summed E-state index contributed by atoms with van der Waals surface area (Å²) in [6, 6.07) is 2.80. The van der Waals surface area contributed by atoms with Crippen LogP contribution in [-0.2, 0) is 0 Å². The van der Waals surface area contributed by atoms with Crippen molar-refractivity contribution in [2.75, 3.05) is 7.11 Å². The van der Waals surface area contributed by atoms with Crippen LogP contribution in [-0.4, -0.2) is 23.4 Å². The van der Waals surface area contributed by atoms with E-state index >= 15 is 0 Å². The van der Waals surface area contributed by atoms with E-state index in [1.165, 1.54) is 13.2 Å². The number of aliphatic hydroxyl groups excluding tert-OH is 1. The first kappa shape index (κ1) is 11.8. The van der Waals surface area contributed by atoms with Crippen LogP contribution in [0.1, 0.15) is 24.2 Å². The van der Waals surface area contributed by atoms with Gasteiger partial charge in [-0.3, -0.25) is 0 Å². The largest absolute Gasteiger partial charge is 0.508 e. The number of aromatic hydroxyl groups is 1. The van der Waals surface area contributed by atoms with E-state index in [2.05, 4.69) is 0 Å². The first-order valence-corrected chi connectivity index (χ1v) is 4.78. The van der Waals surface area contributed by atoms with Gasteiger partial charge in [0.1, 0.15) is 11.5 Å². The second-order valence-electron chi connectivity index (χ2n) is 3.67. The van der Waals surface area contributed by atoms with Gasteiger partial charge in [0, 0.05) is 11.6 Å². The molecule has 1 aromatic carbocycles. The van der Waals surface area contributed by atoms with E-state index in [9.17, 15) is 10.2 Å². The zero-order valence-corrected chi connectivity index (χ0v) is 9.19. The summed E-state index contributed by atoms with van der Waals surface area (Å²) < 4.78 is 5.08. The molecule has 0 aliphatic heterocycles. The molecule has 0 amide bonds. The van der Waals surface area contributed by atoms with E-state index < -0.39 is 12.1 Å². The van der Waals surface area contributed by atoms with Crippen LogP contribution in [0.5, 0.6) is 11.5 Å². The zero-order chi connectivity index (χ0) is 11.6. The Hall–Kier alpha value is -1.26. The highest BCUT2D eigenvalue weighted by Gasteiger charge is 2.16. The van der Waals surface area contributed by atoms with Gasteiger partial charge in [-0.15, -0.1) is 0 Å². The van der Waals surface area contributed by atoms with Crippen LogP contribution in [0, 0.1) is 6.92 Å². The number of aliphatic hydroxyl groups is 1. The molecule has 1 aromatic rings. The highest BCUT2D eigenvalue weighted by molar-refractivity contribution is 5.47. The Labute approximate surface area is 89.3 Å². The Morgan fingerprint density at radius 1 is 1.40 bits per heavy atom. The van der Waals surface area contributed by atoms with Crippen LogP contribution in [0.15, 0.2) is 12.1 Å². The average Bonchev–Trinajstić information content (AvgIpc) is 2.20. The molecule has 84 valence electrons. The van der Waals surface area contributed by atoms with Crippen LogP contribution in [0.2, 0.25) is 0 Å². The molecule has 4 heteroatoms. The molecule has 1 rings (SSSR count). The van der Waals surface area contributed by atoms with Crippen LogP contribution in [0.3, 0.4) is 0 Å². The lowest BCUT2D eigenvalue weighted by molar-refractivity contribution is 0.152. The Morgan fingerprint density at radius 3 is 2.47 bits per heavy atom. The normalized spacial score (nSPS) is 14.7. The summed E-state index contributed by atoms with van der Waals surface area (Å²) in [5.41, 5.74) is 6.79. The predicted octanol–water partition coefficient (Wildman–Crippen LogP) is 1.09. The van der Waals surface area contributed by atoms with E-state index in [0.717, 1.165) is 0 Å². The van der Waals surface area contributed by atoms with Crippen LogP contribution in [0.4, 0.5) is 0 Å². The van der Waals surface area contributed by atoms with E-state index in [0.29, 0.717) is 16.9 Å². The Kier molecular flexibility index (Phi) is 3.55. The fourth-order valence-electron chi connectivity index (χ4n) is 1.38. The highest BCUT2D eigenvalue weighted by atomic mass is 16.5. The topological polar surface area (TPSA) is 75.7 Å². The Morgan fingerprint density at radius 2 is 2.00 bits per heavy atom. The number of rotatable bonds is 3. The van der Waals surface area contributed by atoms with Crippen molar-refractivity contribution < 1.29 is 14.9 Å². The molecular weight excluding hydrogens is 194 g/mol. The molecule has 2 unspecified atom stereocenters. The average molecular weight is 211 g/mol. The Bertz CT molecular complexity index is 350. The molecule has 15 heavy (non-hydrogen) atoms. The quantitative estimate of drug-likeness (QED) is 0.699. The standard InChI is InChI=1S/C11H17NO3/c1-6-9(13)4-8(5-10(6)15-3)11(14)7(2)12/h4-5,7,11,13-14H,12H2,1-3H3. The maximum Gasteiger partial charge on any atom is 0.125 e. The molecule has 0 bridgehead atoms. The molecular formula is C11H17NO3. The lowest BCUT2D eigenvalue weighted by atomic mass is 10.0. The third kappa shape index (κ3) is 2.40. The van der Waals surface area contributed by atoms with Gasteiger partial charge in [0.2, 0.25) is 0 Å². The summed E-state index contributed by atoms with van der Waals surface area (Å²) in [7, 11) is 1.52. The van der Waals surface area contributed by atoms with Gasteiger partial charge in [-0.25, -0.2) is 0 Å². The molecule has 2 atom stereocenters. The van der Waals surface area contributed by atoms with Gasteiger partial charge in [0.15, 0.2) is 0 Å². The van der Waals surface area contributed by atoms with Crippen molar-refractivity contribution in [2.24, 2.45) is 5.73 Å². The predicted molar refractivity (Wildman–Crippen MR) is 58.0 cm³/mol. The second kappa shape index (κ2) is 4.51. The van der Waals surface area contributed by atoms with Gasteiger partial charge in [-0.05, 0) is 31.5 Å². The van der Waals surface area contributed by atoms with Crippen molar-refractivity contribution in [3.63, 3.8) is 0 Å². The highest BCUT2D eigenvalue weighted by Crippen LogP contribution is 2.31. The second-order valence-corrected chi connectivity index (χ2v) is 3.67. The number of ether oxygens (including phenoxy) is 1. The molecule has 0 aliphatic rings. The summed E-state index contributed by atoms with van der Waals surface area (Å²) in [6.45, 7) is 3.45. The van der Waals surface area contributed by atoms with E-state index in [1.807, 2.05) is 0 Å². The van der Waals surface area contributed by atoms with Crippen LogP contribution < -0.4 is 10.5 Å². The van der Waals surface area contributed by atoms with Gasteiger partial charge in [0.05, 0.1) is 13.2 Å². The maximum absolute atomic E-state index is 9.74. The van der Waals surface area contributed by atoms with Gasteiger partial charge in [0.25, 0.3) is 0 Å². The van der Waals surface area contributed by atoms with Crippen molar-refractivity contribution in [3.05, 3.63) is 23.3 Å². The van der Waals surface area contributed by atoms with Gasteiger partial charge in [-0.2, -0.15) is 0 Å². The molecule has 0 radical (unpaired) electrons. The van der Waals surface area contributed by atoms with Crippen LogP contribution in [0.25, 0.3) is 0 Å². The number of hydrogen-bond donors (Lipinski definition) is 3. The minimum Gasteiger partial charge on any atom is -0.508 e. The summed E-state index contributed by atoms with van der Waals surface area (Å²) in [5, 5.41) is 19.4. The fraction of sp³-hybridized carbons (Fsp3) is 0.455. The molecule has 4 nitrogen and oxygen atoms in total. The number of hydrogen-bond acceptors (Lipinski definition) is 4. The monoisotopic (exact) mass is 211 g/mol. The first-order chi connectivity index (χ1) is 6.97. The summed E-state index contributed by atoms with van der Waals surface area (Å²) in [5.74, 6) is 0.647. The number of nitrogens with two attached hydrogens (primary N) is 1. The summed E-state index contributed by atoms with van der Waals surface area (Å²) >= 11 is 0. The number of methoxy groups -OCH3 is 1. The van der Waals surface area contributed by atoms with E-state index in [1.54, 1.807) is 19.9 Å². The first-order valence-electron chi connectivity index (χ1n) is 4.78. The molecule has 0 aromatic heterocycles. The SMILES string of the molecule is COc1cc(C(O)C(C)N)cc(O)c1C. The molecule has 0 spiro atoms. The van der Waals surface area contributed by atoms with Crippen molar-refractivity contribution in [3.8, 4) is 11.5 Å². The summed E-state index contributed by atoms with van der Waals surface area (Å²) in [6.07, 6.45) is -0.801. The van der Waals surface area contributed by atoms with Gasteiger partial charge < -0.3 is 20.7 Å². The molecule has 0 heterocycles. The molecule has 0 fully saturated rings. The van der Waals surface area contributed by atoms with Crippen molar-refractivity contribution in [1.82, 2.24) is 0 Å². The van der Waals surface area contributed by atoms with Crippen molar-refractivity contribution in [1.29, 1.82) is 0 Å². The molecule has 0 saturated carbocycles. The van der Waals surface area contributed by atoms with Crippen LogP contribution >= 0.6 is 0 Å². The third-order valence-electron chi connectivity index (χ3n) is 2.41. The zero-order valence-electron chi connectivity index (χ0n) is 9.19. The van der Waals surface area contributed by atoms with E-state index in [-0.39, 0.29) is 5.75 Å². The fourth-order valence-corrected chi connectivity index (χ4v) is 1.38. The minimum atomic E-state index is -0.801. The number of benzene rings is 1. The summed E-state index contributed by atoms with van der Waals surface area (Å²) in [4.78, 5) is 0. The number of phenols is 1. The molecule has 0 aliphatic carbocycles. The molecule has 4 N–H and O–H groups in total. The van der Waals surface area contributed by atoms with Crippen molar-refractivity contribution in [2.45, 2.75) is 26.0 Å². The Balaban J connectivity index is 3.16. The molecule has 0 saturated heterocycles. The lowest BCUT2D eigenvalue weighted by Crippen LogP contribution is -2.24. The van der Waals surface area contributed by atoms with Gasteiger partial charge in [-0.1, -0.05) is 0 Å². The number of phenolic OH excluding ortho intramolecular Hbond substituents is 1. The van der Waals surface area contributed by atoms with E-state index in [4.69, 9.17) is 10.5 Å². The van der Waals surface area contributed by atoms with Crippen molar-refractivity contribution >= 4 is 0 Å². The van der Waals surface area contributed by atoms with Gasteiger partial charge >= 0.3 is 0 Å². The lowest BCUT2D eigenvalue weighted by Gasteiger charge is -2.17. The minimum absolute atomic E-state index is 0.101. The smallest absolute Gasteiger partial charge is 0.125 e.